The van der Waals surface area contributed by atoms with Crippen LogP contribution in [0, 0.1) is 0 Å². The lowest BCUT2D eigenvalue weighted by Gasteiger charge is -2.15. The molecule has 2 aromatic carbocycles. The van der Waals surface area contributed by atoms with Gasteiger partial charge in [-0.25, -0.2) is 9.79 Å². The lowest BCUT2D eigenvalue weighted by atomic mass is 10.2. The van der Waals surface area contributed by atoms with Crippen LogP contribution in [0.1, 0.15) is 16.9 Å². The summed E-state index contributed by atoms with van der Waals surface area (Å²) in [7, 11) is 0. The number of hydrogen-bond acceptors (Lipinski definition) is 4. The molecule has 2 heterocycles. The zero-order chi connectivity index (χ0) is 21.3. The highest BCUT2D eigenvalue weighted by molar-refractivity contribution is 14.0. The molecule has 0 bridgehead atoms. The fraction of sp³-hybridized carbons (Fsp3) is 0.250. The van der Waals surface area contributed by atoms with Crippen molar-refractivity contribution in [3.05, 3.63) is 89.9 Å². The zero-order valence-corrected chi connectivity index (χ0v) is 20.0. The summed E-state index contributed by atoms with van der Waals surface area (Å²) in [5.41, 5.74) is 3.09. The second-order valence-corrected chi connectivity index (χ2v) is 7.19. The van der Waals surface area contributed by atoms with Gasteiger partial charge in [-0.2, -0.15) is 0 Å². The molecule has 0 unspecified atom stereocenters. The number of nitrogens with zero attached hydrogens (tertiary/aromatic N) is 2. The molecule has 0 aliphatic carbocycles. The Morgan fingerprint density at radius 1 is 0.969 bits per heavy atom. The minimum atomic E-state index is -0.290. The van der Waals surface area contributed by atoms with E-state index in [0.29, 0.717) is 32.8 Å². The molecule has 7 nitrogen and oxygen atoms in total. The largest absolute Gasteiger partial charge is 0.469 e. The predicted octanol–water partition coefficient (Wildman–Crippen LogP) is 4.33. The van der Waals surface area contributed by atoms with Gasteiger partial charge in [-0.15, -0.1) is 24.0 Å². The average molecular weight is 546 g/mol. The van der Waals surface area contributed by atoms with Crippen LogP contribution in [0.5, 0.6) is 0 Å². The maximum absolute atomic E-state index is 11.7. The van der Waals surface area contributed by atoms with Gasteiger partial charge < -0.3 is 19.8 Å². The molecule has 1 amide bonds. The van der Waals surface area contributed by atoms with Crippen molar-refractivity contribution in [2.24, 2.45) is 4.99 Å². The zero-order valence-electron chi connectivity index (χ0n) is 17.7. The normalized spacial score (nSPS) is 13.4. The van der Waals surface area contributed by atoms with Crippen LogP contribution >= 0.6 is 24.0 Å². The quantitative estimate of drug-likeness (QED) is 0.250. The molecule has 1 aromatic heterocycles. The van der Waals surface area contributed by atoms with Gasteiger partial charge in [0.1, 0.15) is 12.4 Å². The second kappa shape index (κ2) is 12.1. The first-order valence-electron chi connectivity index (χ1n) is 10.4. The van der Waals surface area contributed by atoms with Crippen molar-refractivity contribution in [3.63, 3.8) is 0 Å². The van der Waals surface area contributed by atoms with Crippen molar-refractivity contribution in [1.82, 2.24) is 10.6 Å². The van der Waals surface area contributed by atoms with Crippen molar-refractivity contribution in [3.8, 4) is 0 Å². The van der Waals surface area contributed by atoms with Crippen LogP contribution in [0.25, 0.3) is 0 Å². The fourth-order valence-corrected chi connectivity index (χ4v) is 3.29. The van der Waals surface area contributed by atoms with Crippen molar-refractivity contribution in [2.75, 3.05) is 24.6 Å². The third-order valence-electron chi connectivity index (χ3n) is 4.98. The summed E-state index contributed by atoms with van der Waals surface area (Å²) in [6, 6.07) is 21.9. The number of halogens is 1. The molecule has 1 saturated heterocycles. The minimum absolute atomic E-state index is 0. The summed E-state index contributed by atoms with van der Waals surface area (Å²) >= 11 is 0. The molecular weight excluding hydrogens is 519 g/mol. The monoisotopic (exact) mass is 546 g/mol. The van der Waals surface area contributed by atoms with E-state index in [4.69, 9.17) is 14.1 Å². The van der Waals surface area contributed by atoms with Crippen LogP contribution in [-0.4, -0.2) is 31.7 Å². The maximum Gasteiger partial charge on any atom is 0.414 e. The maximum atomic E-state index is 11.7. The molecule has 1 aliphatic rings. The highest BCUT2D eigenvalue weighted by atomic mass is 127. The Balaban J connectivity index is 0.00000289. The van der Waals surface area contributed by atoms with Gasteiger partial charge in [-0.3, -0.25) is 4.90 Å². The van der Waals surface area contributed by atoms with Crippen molar-refractivity contribution in [1.29, 1.82) is 0 Å². The Bertz CT molecular complexity index is 992. The summed E-state index contributed by atoms with van der Waals surface area (Å²) < 4.78 is 10.4. The number of aliphatic imine (C=N–C) groups is 1. The summed E-state index contributed by atoms with van der Waals surface area (Å²) in [6.45, 7) is 2.95. The van der Waals surface area contributed by atoms with Gasteiger partial charge in [-0.05, 0) is 35.4 Å². The summed E-state index contributed by atoms with van der Waals surface area (Å²) in [6.07, 6.45) is 2.17. The van der Waals surface area contributed by atoms with Crippen LogP contribution in [0.15, 0.2) is 82.4 Å². The molecule has 0 saturated carbocycles. The van der Waals surface area contributed by atoms with Crippen LogP contribution in [-0.2, 0) is 24.2 Å². The van der Waals surface area contributed by atoms with Crippen LogP contribution in [0.4, 0.5) is 10.5 Å². The number of ether oxygens (including phenoxy) is 1. The number of nitrogens with one attached hydrogen (secondary N) is 2. The number of hydrogen-bond donors (Lipinski definition) is 2. The van der Waals surface area contributed by atoms with Gasteiger partial charge >= 0.3 is 6.09 Å². The molecule has 1 fully saturated rings. The molecule has 168 valence electrons. The minimum Gasteiger partial charge on any atom is -0.469 e. The van der Waals surface area contributed by atoms with Crippen LogP contribution < -0.4 is 15.5 Å². The molecule has 0 spiro atoms. The summed E-state index contributed by atoms with van der Waals surface area (Å²) in [4.78, 5) is 18.1. The molecule has 3 aromatic rings. The molecule has 0 radical (unpaired) electrons. The van der Waals surface area contributed by atoms with E-state index >= 15 is 0 Å². The molecule has 8 heteroatoms. The number of anilines is 1. The van der Waals surface area contributed by atoms with Crippen LogP contribution in [0.3, 0.4) is 0 Å². The Hall–Kier alpha value is -3.01. The first-order valence-corrected chi connectivity index (χ1v) is 10.4. The second-order valence-electron chi connectivity index (χ2n) is 7.19. The smallest absolute Gasteiger partial charge is 0.414 e. The van der Waals surface area contributed by atoms with E-state index < -0.39 is 0 Å². The number of carbonyl (C=O) groups excluding carboxylic acids is 1. The molecule has 0 atom stereocenters. The first kappa shape index (κ1) is 23.6. The van der Waals surface area contributed by atoms with Crippen molar-refractivity contribution < 1.29 is 13.9 Å². The number of cyclic esters (lactones) is 1. The van der Waals surface area contributed by atoms with Gasteiger partial charge in [0.15, 0.2) is 5.96 Å². The highest BCUT2D eigenvalue weighted by Gasteiger charge is 2.23. The summed E-state index contributed by atoms with van der Waals surface area (Å²) in [5, 5.41) is 6.76. The standard InChI is InChI=1S/C24H26N4O3.HI/c29-24-28(14-16-31-24)21-10-8-20(9-11-21)18-27-23(25-13-12-22-7-4-15-30-22)26-17-19-5-2-1-3-6-19;/h1-11,15H,12-14,16-18H2,(H2,25,26,27);1H. The Morgan fingerprint density at radius 3 is 2.47 bits per heavy atom. The van der Waals surface area contributed by atoms with Gasteiger partial charge in [0, 0.05) is 25.2 Å². The van der Waals surface area contributed by atoms with E-state index in [0.717, 1.165) is 35.0 Å². The number of rotatable bonds is 8. The van der Waals surface area contributed by atoms with Gasteiger partial charge in [-0.1, -0.05) is 42.5 Å². The van der Waals surface area contributed by atoms with Gasteiger partial charge in [0.25, 0.3) is 0 Å². The summed E-state index contributed by atoms with van der Waals surface area (Å²) in [5.74, 6) is 1.67. The van der Waals surface area contributed by atoms with Crippen molar-refractivity contribution in [2.45, 2.75) is 19.5 Å². The lowest BCUT2D eigenvalue weighted by Crippen LogP contribution is -2.38. The number of carbonyl (C=O) groups is 1. The Labute approximate surface area is 204 Å². The van der Waals surface area contributed by atoms with E-state index in [9.17, 15) is 4.79 Å². The third kappa shape index (κ3) is 6.74. The number of furan rings is 1. The third-order valence-corrected chi connectivity index (χ3v) is 4.98. The lowest BCUT2D eigenvalue weighted by molar-refractivity contribution is 0.181. The number of amides is 1. The number of guanidine groups is 1. The Kier molecular flexibility index (Phi) is 8.97. The average Bonchev–Trinajstić information content (AvgIpc) is 3.48. The van der Waals surface area contributed by atoms with E-state index in [-0.39, 0.29) is 30.1 Å². The van der Waals surface area contributed by atoms with E-state index in [2.05, 4.69) is 22.8 Å². The SMILES string of the molecule is I.O=C1OCCN1c1ccc(CNC(=NCc2ccccc2)NCCc2ccco2)cc1. The first-order chi connectivity index (χ1) is 15.3. The van der Waals surface area contributed by atoms with Gasteiger partial charge in [0.2, 0.25) is 0 Å². The topological polar surface area (TPSA) is 79.1 Å². The predicted molar refractivity (Wildman–Crippen MR) is 135 cm³/mol. The Morgan fingerprint density at radius 2 is 1.78 bits per heavy atom. The van der Waals surface area contributed by atoms with Crippen molar-refractivity contribution >= 4 is 41.7 Å². The molecule has 4 rings (SSSR count). The molecule has 2 N–H and O–H groups in total. The highest BCUT2D eigenvalue weighted by Crippen LogP contribution is 2.19. The van der Waals surface area contributed by atoms with Crippen LogP contribution in [0.2, 0.25) is 0 Å². The fourth-order valence-electron chi connectivity index (χ4n) is 3.29. The number of benzene rings is 2. The molecule has 32 heavy (non-hydrogen) atoms. The molecular formula is C24H27IN4O3. The van der Waals surface area contributed by atoms with E-state index in [1.54, 1.807) is 11.2 Å². The van der Waals surface area contributed by atoms with E-state index in [1.807, 2.05) is 54.6 Å². The molecule has 1 aliphatic heterocycles. The van der Waals surface area contributed by atoms with E-state index in [1.165, 1.54) is 0 Å². The van der Waals surface area contributed by atoms with Gasteiger partial charge in [0.05, 0.1) is 19.4 Å².